The number of phosphoric ester groups is 1. The highest BCUT2D eigenvalue weighted by Gasteiger charge is 2.51. The molecule has 13 nitrogen and oxygen atoms in total. The van der Waals surface area contributed by atoms with Gasteiger partial charge >= 0.3 is 7.82 Å². The number of phosphoric acid groups is 1. The molecular formula is C48H94NO12P. The van der Waals surface area contributed by atoms with Gasteiger partial charge in [0.05, 0.1) is 31.3 Å². The SMILES string of the molecule is CCCCCCCC/C=C\CCCCCCCC(O)CC(=O)NC(COP(=O)(O)OC1C(O)C(O)C(O)C(O)C1O)C(O)CCCCCCCCCCCCCCCCCCC. The second-order valence-corrected chi connectivity index (χ2v) is 19.6. The number of unbranched alkanes of at least 4 members (excludes halogenated alkanes) is 27. The second kappa shape index (κ2) is 38.2. The Kier molecular flexibility index (Phi) is 36.4. The molecule has 0 aromatic carbocycles. The minimum atomic E-state index is -5.12. The summed E-state index contributed by atoms with van der Waals surface area (Å²) in [6.45, 7) is 3.80. The number of rotatable bonds is 42. The molecule has 62 heavy (non-hydrogen) atoms. The Hall–Kier alpha value is -0.960. The van der Waals surface area contributed by atoms with Gasteiger partial charge < -0.3 is 46.0 Å². The van der Waals surface area contributed by atoms with E-state index in [0.717, 1.165) is 70.6 Å². The first kappa shape index (κ1) is 59.1. The maximum Gasteiger partial charge on any atom is 0.472 e. The maximum absolute atomic E-state index is 13.0. The van der Waals surface area contributed by atoms with Crippen LogP contribution < -0.4 is 5.32 Å². The highest BCUT2D eigenvalue weighted by atomic mass is 31.2. The van der Waals surface area contributed by atoms with Gasteiger partial charge in [-0.1, -0.05) is 193 Å². The number of nitrogens with one attached hydrogen (secondary N) is 1. The van der Waals surface area contributed by atoms with E-state index in [0.29, 0.717) is 12.8 Å². The van der Waals surface area contributed by atoms with E-state index < -0.39 is 75.2 Å². The maximum atomic E-state index is 13.0. The van der Waals surface area contributed by atoms with Crippen molar-refractivity contribution < 1.29 is 59.0 Å². The summed E-state index contributed by atoms with van der Waals surface area (Å²) in [6, 6.07) is -1.15. The van der Waals surface area contributed by atoms with Crippen LogP contribution in [0.5, 0.6) is 0 Å². The number of carbonyl (C=O) groups excluding carboxylic acids is 1. The van der Waals surface area contributed by atoms with Gasteiger partial charge in [-0.3, -0.25) is 13.8 Å². The molecule has 0 heterocycles. The van der Waals surface area contributed by atoms with Gasteiger partial charge in [0.2, 0.25) is 5.91 Å². The van der Waals surface area contributed by atoms with Crippen molar-refractivity contribution in [2.45, 2.75) is 281 Å². The van der Waals surface area contributed by atoms with E-state index in [1.165, 1.54) is 116 Å². The molecule has 9 N–H and O–H groups in total. The third-order valence-corrected chi connectivity index (χ3v) is 13.4. The van der Waals surface area contributed by atoms with E-state index in [4.69, 9.17) is 9.05 Å². The molecule has 0 bridgehead atoms. The minimum Gasteiger partial charge on any atom is -0.393 e. The summed E-state index contributed by atoms with van der Waals surface area (Å²) < 4.78 is 23.0. The first-order chi connectivity index (χ1) is 29.8. The van der Waals surface area contributed by atoms with Crippen molar-refractivity contribution in [1.29, 1.82) is 0 Å². The first-order valence-corrected chi connectivity index (χ1v) is 26.7. The van der Waals surface area contributed by atoms with Gasteiger partial charge in [-0.15, -0.1) is 0 Å². The van der Waals surface area contributed by atoms with Crippen LogP contribution in [0.15, 0.2) is 12.2 Å². The highest BCUT2D eigenvalue weighted by Crippen LogP contribution is 2.47. The molecule has 1 aliphatic rings. The van der Waals surface area contributed by atoms with Crippen LogP contribution in [0.3, 0.4) is 0 Å². The number of hydrogen-bond donors (Lipinski definition) is 9. The topological polar surface area (TPSA) is 226 Å². The Bertz CT molecular complexity index is 1120. The van der Waals surface area contributed by atoms with Crippen molar-refractivity contribution in [2.24, 2.45) is 0 Å². The summed E-state index contributed by atoms with van der Waals surface area (Å²) in [5, 5.41) is 74.8. The van der Waals surface area contributed by atoms with Gasteiger partial charge in [-0.05, 0) is 38.5 Å². The van der Waals surface area contributed by atoms with E-state index in [1.807, 2.05) is 0 Å². The lowest BCUT2D eigenvalue weighted by Gasteiger charge is -2.41. The molecule has 368 valence electrons. The average Bonchev–Trinajstić information content (AvgIpc) is 3.24. The Labute approximate surface area is 376 Å². The molecule has 0 aromatic rings. The minimum absolute atomic E-state index is 0.225. The predicted molar refractivity (Wildman–Crippen MR) is 247 cm³/mol. The van der Waals surface area contributed by atoms with Gasteiger partial charge in [0.25, 0.3) is 0 Å². The van der Waals surface area contributed by atoms with E-state index in [9.17, 15) is 50.0 Å². The van der Waals surface area contributed by atoms with Crippen LogP contribution in [0.25, 0.3) is 0 Å². The van der Waals surface area contributed by atoms with Gasteiger partial charge in [-0.25, -0.2) is 4.57 Å². The first-order valence-electron chi connectivity index (χ1n) is 25.2. The molecule has 1 amide bonds. The molecule has 1 rings (SSSR count). The molecule has 0 spiro atoms. The van der Waals surface area contributed by atoms with Gasteiger partial charge in [0.1, 0.15) is 36.6 Å². The Morgan fingerprint density at radius 1 is 0.548 bits per heavy atom. The van der Waals surface area contributed by atoms with Gasteiger partial charge in [-0.2, -0.15) is 0 Å². The molecule has 0 radical (unpaired) electrons. The lowest BCUT2D eigenvalue weighted by molar-refractivity contribution is -0.220. The fourth-order valence-corrected chi connectivity index (χ4v) is 9.21. The van der Waals surface area contributed by atoms with E-state index in [2.05, 4.69) is 31.3 Å². The molecule has 8 unspecified atom stereocenters. The van der Waals surface area contributed by atoms with E-state index in [-0.39, 0.29) is 12.8 Å². The normalized spacial score (nSPS) is 23.1. The lowest BCUT2D eigenvalue weighted by atomic mass is 9.85. The van der Waals surface area contributed by atoms with Gasteiger partial charge in [0, 0.05) is 0 Å². The predicted octanol–water partition coefficient (Wildman–Crippen LogP) is 8.98. The summed E-state index contributed by atoms with van der Waals surface area (Å²) in [5.41, 5.74) is 0. The summed E-state index contributed by atoms with van der Waals surface area (Å²) >= 11 is 0. The molecule has 1 fully saturated rings. The number of aliphatic hydroxyl groups is 7. The number of amides is 1. The number of hydrogen-bond acceptors (Lipinski definition) is 11. The molecule has 1 aliphatic carbocycles. The summed E-state index contributed by atoms with van der Waals surface area (Å²) in [6.07, 6.45) is 26.8. The second-order valence-electron chi connectivity index (χ2n) is 18.2. The monoisotopic (exact) mass is 908 g/mol. The fourth-order valence-electron chi connectivity index (χ4n) is 8.24. The van der Waals surface area contributed by atoms with Crippen LogP contribution in [0.4, 0.5) is 0 Å². The van der Waals surface area contributed by atoms with Crippen LogP contribution in [0.2, 0.25) is 0 Å². The molecule has 0 saturated heterocycles. The summed E-state index contributed by atoms with van der Waals surface area (Å²) in [4.78, 5) is 23.5. The van der Waals surface area contributed by atoms with Crippen LogP contribution in [0.1, 0.15) is 226 Å². The van der Waals surface area contributed by atoms with Crippen molar-refractivity contribution in [3.05, 3.63) is 12.2 Å². The van der Waals surface area contributed by atoms with Crippen molar-refractivity contribution in [1.82, 2.24) is 5.32 Å². The van der Waals surface area contributed by atoms with Crippen LogP contribution in [0, 0.1) is 0 Å². The molecular weight excluding hydrogens is 813 g/mol. The van der Waals surface area contributed by atoms with Crippen molar-refractivity contribution in [3.8, 4) is 0 Å². The smallest absolute Gasteiger partial charge is 0.393 e. The lowest BCUT2D eigenvalue weighted by Crippen LogP contribution is -2.64. The molecule has 14 heteroatoms. The van der Waals surface area contributed by atoms with Gasteiger partial charge in [0.15, 0.2) is 0 Å². The highest BCUT2D eigenvalue weighted by molar-refractivity contribution is 7.47. The number of allylic oxidation sites excluding steroid dienone is 2. The molecule has 8 atom stereocenters. The largest absolute Gasteiger partial charge is 0.472 e. The zero-order valence-electron chi connectivity index (χ0n) is 39.1. The zero-order valence-corrected chi connectivity index (χ0v) is 39.9. The molecule has 0 aliphatic heterocycles. The fraction of sp³-hybridized carbons (Fsp3) is 0.938. The van der Waals surface area contributed by atoms with Crippen molar-refractivity contribution >= 4 is 13.7 Å². The molecule has 0 aromatic heterocycles. The van der Waals surface area contributed by atoms with Crippen LogP contribution >= 0.6 is 7.82 Å². The Morgan fingerprint density at radius 2 is 0.903 bits per heavy atom. The van der Waals surface area contributed by atoms with E-state index >= 15 is 0 Å². The quantitative estimate of drug-likeness (QED) is 0.0159. The van der Waals surface area contributed by atoms with E-state index in [1.54, 1.807) is 0 Å². The third kappa shape index (κ3) is 29.5. The summed E-state index contributed by atoms with van der Waals surface area (Å²) in [5.74, 6) is -0.563. The number of aliphatic hydroxyl groups excluding tert-OH is 7. The van der Waals surface area contributed by atoms with Crippen LogP contribution in [-0.2, 0) is 18.4 Å². The van der Waals surface area contributed by atoms with Crippen molar-refractivity contribution in [3.63, 3.8) is 0 Å². The summed E-state index contributed by atoms with van der Waals surface area (Å²) in [7, 11) is -5.12. The standard InChI is InChI=1S/C48H94NO12P/c1-3-5-7-9-11-13-15-17-19-20-22-24-26-28-30-32-34-36-41(51)40(38-60-62(58,59)61-48-46(56)44(54)43(53)45(55)47(48)57)49-42(52)37-39(50)35-33-31-29-27-25-23-21-18-16-14-12-10-8-6-4-2/h18,21,39-41,43-48,50-51,53-57H,3-17,19-20,22-38H2,1-2H3,(H,49,52)(H,58,59)/b21-18-. The number of carbonyl (C=O) groups is 1. The Morgan fingerprint density at radius 3 is 1.32 bits per heavy atom. The van der Waals surface area contributed by atoms with Crippen molar-refractivity contribution in [2.75, 3.05) is 6.61 Å². The Balaban J connectivity index is 2.49. The average molecular weight is 908 g/mol. The molecule has 1 saturated carbocycles. The third-order valence-electron chi connectivity index (χ3n) is 12.4. The zero-order chi connectivity index (χ0) is 45.9. The van der Waals surface area contributed by atoms with Crippen LogP contribution in [-0.4, -0.2) is 108 Å².